The highest BCUT2D eigenvalue weighted by molar-refractivity contribution is 5.31. The van der Waals surface area contributed by atoms with Crippen LogP contribution in [0.3, 0.4) is 0 Å². The van der Waals surface area contributed by atoms with Crippen molar-refractivity contribution >= 4 is 0 Å². The number of ether oxygens (including phenoxy) is 3. The van der Waals surface area contributed by atoms with Crippen molar-refractivity contribution in [2.45, 2.75) is 6.61 Å². The van der Waals surface area contributed by atoms with Crippen molar-refractivity contribution in [3.05, 3.63) is 72.3 Å². The smallest absolute Gasteiger partial charge is 0.120 e. The maximum atomic E-state index is 5.57. The Balaban J connectivity index is 1.59. The van der Waals surface area contributed by atoms with E-state index < -0.39 is 0 Å². The van der Waals surface area contributed by atoms with Crippen LogP contribution in [0.15, 0.2) is 66.7 Å². The monoisotopic (exact) mass is 284 g/mol. The van der Waals surface area contributed by atoms with Gasteiger partial charge in [-0.05, 0) is 35.9 Å². The van der Waals surface area contributed by atoms with Crippen LogP contribution < -0.4 is 9.47 Å². The first-order chi connectivity index (χ1) is 10.4. The molecule has 0 aliphatic heterocycles. The molecule has 21 heavy (non-hydrogen) atoms. The van der Waals surface area contributed by atoms with Crippen molar-refractivity contribution in [1.29, 1.82) is 0 Å². The maximum Gasteiger partial charge on any atom is 0.120 e. The lowest BCUT2D eigenvalue weighted by atomic mass is 10.2. The third-order valence-electron chi connectivity index (χ3n) is 2.90. The van der Waals surface area contributed by atoms with Gasteiger partial charge in [-0.15, -0.1) is 0 Å². The molecule has 0 bridgehead atoms. The molecule has 110 valence electrons. The van der Waals surface area contributed by atoms with E-state index in [0.29, 0.717) is 19.8 Å². The van der Waals surface area contributed by atoms with Gasteiger partial charge in [0.1, 0.15) is 18.1 Å². The van der Waals surface area contributed by atoms with E-state index in [9.17, 15) is 0 Å². The molecule has 0 spiro atoms. The molecule has 0 heterocycles. The number of methoxy groups -OCH3 is 1. The highest BCUT2D eigenvalue weighted by Crippen LogP contribution is 2.16. The zero-order valence-corrected chi connectivity index (χ0v) is 12.2. The number of hydrogen-bond acceptors (Lipinski definition) is 3. The number of benzene rings is 2. The van der Waals surface area contributed by atoms with Gasteiger partial charge < -0.3 is 14.2 Å². The molecule has 2 rings (SSSR count). The van der Waals surface area contributed by atoms with E-state index in [4.69, 9.17) is 14.2 Å². The minimum Gasteiger partial charge on any atom is -0.497 e. The molecule has 0 fully saturated rings. The summed E-state index contributed by atoms with van der Waals surface area (Å²) >= 11 is 0. The van der Waals surface area contributed by atoms with Gasteiger partial charge in [0.25, 0.3) is 0 Å². The quantitative estimate of drug-likeness (QED) is 0.544. The van der Waals surface area contributed by atoms with Gasteiger partial charge in [0, 0.05) is 0 Å². The predicted octanol–water partition coefficient (Wildman–Crippen LogP) is 3.85. The van der Waals surface area contributed by atoms with E-state index in [1.54, 1.807) is 7.11 Å². The lowest BCUT2D eigenvalue weighted by molar-refractivity contribution is 0.148. The molecule has 3 nitrogen and oxygen atoms in total. The highest BCUT2D eigenvalue weighted by Gasteiger charge is 1.93. The lowest BCUT2D eigenvalue weighted by Crippen LogP contribution is -1.96. The van der Waals surface area contributed by atoms with E-state index in [1.165, 1.54) is 5.56 Å². The zero-order chi connectivity index (χ0) is 14.8. The molecule has 0 aliphatic carbocycles. The Morgan fingerprint density at radius 1 is 0.810 bits per heavy atom. The Labute approximate surface area is 125 Å². The van der Waals surface area contributed by atoms with Crippen molar-refractivity contribution < 1.29 is 14.2 Å². The molecular formula is C18H20O3. The van der Waals surface area contributed by atoms with Gasteiger partial charge in [-0.25, -0.2) is 0 Å². The molecule has 3 heteroatoms. The normalized spacial score (nSPS) is 10.7. The molecule has 0 aromatic heterocycles. The standard InChI is InChI=1S/C18H20O3/c1-19-17-9-11-18(12-10-17)21-14-6-5-13-20-15-16-7-3-2-4-8-16/h2-12H,13-15H2,1H3/b6-5+. The Hall–Kier alpha value is -2.26. The molecule has 0 saturated heterocycles. The van der Waals surface area contributed by atoms with Crippen LogP contribution in [0.25, 0.3) is 0 Å². The molecule has 2 aromatic carbocycles. The molecule has 0 N–H and O–H groups in total. The molecule has 0 saturated carbocycles. The van der Waals surface area contributed by atoms with Gasteiger partial charge in [0.2, 0.25) is 0 Å². The van der Waals surface area contributed by atoms with Crippen LogP contribution in [0.1, 0.15) is 5.56 Å². The van der Waals surface area contributed by atoms with Crippen LogP contribution in [0.4, 0.5) is 0 Å². The Kier molecular flexibility index (Phi) is 6.36. The van der Waals surface area contributed by atoms with Crippen LogP contribution >= 0.6 is 0 Å². The van der Waals surface area contributed by atoms with Crippen LogP contribution in [0.2, 0.25) is 0 Å². The molecular weight excluding hydrogens is 264 g/mol. The fourth-order valence-corrected chi connectivity index (χ4v) is 1.77. The number of rotatable bonds is 8. The first kappa shape index (κ1) is 15.1. The average molecular weight is 284 g/mol. The van der Waals surface area contributed by atoms with Crippen molar-refractivity contribution in [3.8, 4) is 11.5 Å². The minimum absolute atomic E-state index is 0.529. The fraction of sp³-hybridized carbons (Fsp3) is 0.222. The Morgan fingerprint density at radius 2 is 1.48 bits per heavy atom. The molecule has 0 atom stereocenters. The van der Waals surface area contributed by atoms with Crippen molar-refractivity contribution in [2.75, 3.05) is 20.3 Å². The summed E-state index contributed by atoms with van der Waals surface area (Å²) in [5.74, 6) is 1.65. The highest BCUT2D eigenvalue weighted by atomic mass is 16.5. The summed E-state index contributed by atoms with van der Waals surface area (Å²) in [6.45, 7) is 1.74. The van der Waals surface area contributed by atoms with Gasteiger partial charge >= 0.3 is 0 Å². The second-order valence-electron chi connectivity index (χ2n) is 4.46. The van der Waals surface area contributed by atoms with Gasteiger partial charge in [-0.2, -0.15) is 0 Å². The topological polar surface area (TPSA) is 27.7 Å². The van der Waals surface area contributed by atoms with Crippen LogP contribution in [-0.4, -0.2) is 20.3 Å². The Morgan fingerprint density at radius 3 is 2.19 bits per heavy atom. The van der Waals surface area contributed by atoms with Crippen molar-refractivity contribution in [3.63, 3.8) is 0 Å². The van der Waals surface area contributed by atoms with E-state index in [1.807, 2.05) is 54.6 Å². The third kappa shape index (κ3) is 5.71. The summed E-state index contributed by atoms with van der Waals surface area (Å²) in [6, 6.07) is 17.7. The van der Waals surface area contributed by atoms with Crippen LogP contribution in [0.5, 0.6) is 11.5 Å². The molecule has 0 radical (unpaired) electrons. The van der Waals surface area contributed by atoms with Crippen LogP contribution in [-0.2, 0) is 11.3 Å². The summed E-state index contributed by atoms with van der Waals surface area (Å²) in [7, 11) is 1.65. The van der Waals surface area contributed by atoms with E-state index in [0.717, 1.165) is 11.5 Å². The van der Waals surface area contributed by atoms with Crippen LogP contribution in [0, 0.1) is 0 Å². The van der Waals surface area contributed by atoms with Crippen molar-refractivity contribution in [1.82, 2.24) is 0 Å². The third-order valence-corrected chi connectivity index (χ3v) is 2.90. The Bertz CT molecular complexity index is 532. The molecule has 0 amide bonds. The zero-order valence-electron chi connectivity index (χ0n) is 12.2. The van der Waals surface area contributed by atoms with Gasteiger partial charge in [-0.3, -0.25) is 0 Å². The van der Waals surface area contributed by atoms with Crippen molar-refractivity contribution in [2.24, 2.45) is 0 Å². The second kappa shape index (κ2) is 8.82. The summed E-state index contributed by atoms with van der Waals surface area (Å²) < 4.78 is 16.2. The molecule has 0 unspecified atom stereocenters. The first-order valence-electron chi connectivity index (χ1n) is 6.92. The predicted molar refractivity (Wildman–Crippen MR) is 83.7 cm³/mol. The largest absolute Gasteiger partial charge is 0.497 e. The summed E-state index contributed by atoms with van der Waals surface area (Å²) in [4.78, 5) is 0. The summed E-state index contributed by atoms with van der Waals surface area (Å²) in [6.07, 6.45) is 3.92. The summed E-state index contributed by atoms with van der Waals surface area (Å²) in [5, 5.41) is 0. The maximum absolute atomic E-state index is 5.57. The average Bonchev–Trinajstić information content (AvgIpc) is 2.55. The summed E-state index contributed by atoms with van der Waals surface area (Å²) in [5.41, 5.74) is 1.18. The van der Waals surface area contributed by atoms with E-state index >= 15 is 0 Å². The van der Waals surface area contributed by atoms with Gasteiger partial charge in [0.05, 0.1) is 20.3 Å². The first-order valence-corrected chi connectivity index (χ1v) is 6.92. The van der Waals surface area contributed by atoms with E-state index in [-0.39, 0.29) is 0 Å². The number of hydrogen-bond donors (Lipinski definition) is 0. The van der Waals surface area contributed by atoms with Gasteiger partial charge in [-0.1, -0.05) is 36.4 Å². The molecule has 0 aliphatic rings. The van der Waals surface area contributed by atoms with Gasteiger partial charge in [0.15, 0.2) is 0 Å². The SMILES string of the molecule is COc1ccc(OC/C=C/COCc2ccccc2)cc1. The molecule has 2 aromatic rings. The second-order valence-corrected chi connectivity index (χ2v) is 4.46. The minimum atomic E-state index is 0.529. The lowest BCUT2D eigenvalue weighted by Gasteiger charge is -2.04. The fourth-order valence-electron chi connectivity index (χ4n) is 1.77. The van der Waals surface area contributed by atoms with E-state index in [2.05, 4.69) is 12.1 Å².